The number of amides is 1. The predicted octanol–water partition coefficient (Wildman–Crippen LogP) is 4.61. The average Bonchev–Trinajstić information content (AvgIpc) is 2.80. The van der Waals surface area contributed by atoms with Gasteiger partial charge in [0.1, 0.15) is 24.7 Å². The maximum absolute atomic E-state index is 12.6. The molecule has 0 aliphatic carbocycles. The summed E-state index contributed by atoms with van der Waals surface area (Å²) >= 11 is 0. The number of ether oxygens (including phenoxy) is 3. The first kappa shape index (κ1) is 21.4. The van der Waals surface area contributed by atoms with Crippen LogP contribution >= 0.6 is 0 Å². The number of hydrogen-bond donors (Lipinski definition) is 1. The summed E-state index contributed by atoms with van der Waals surface area (Å²) in [6, 6.07) is 25.0. The van der Waals surface area contributed by atoms with Gasteiger partial charge in [-0.2, -0.15) is 0 Å². The van der Waals surface area contributed by atoms with E-state index in [0.29, 0.717) is 44.3 Å². The molecular weight excluding hydrogens is 378 g/mol. The number of rotatable bonds is 11. The minimum atomic E-state index is -0.168. The normalized spacial score (nSPS) is 10.4. The zero-order valence-electron chi connectivity index (χ0n) is 17.2. The standard InChI is InChI=1S/C25H27NO4/c1-2-28-16-17-29-24-11-7-6-10-23(24)25(27)26-18-20-12-14-21(15-13-20)19-30-22-8-4-3-5-9-22/h3-15H,2,16-19H2,1H3,(H,26,27). The molecular formula is C25H27NO4. The number of para-hydroxylation sites is 2. The van der Waals surface area contributed by atoms with Crippen LogP contribution in [0.5, 0.6) is 11.5 Å². The van der Waals surface area contributed by atoms with Gasteiger partial charge in [-0.05, 0) is 42.3 Å². The molecule has 0 fully saturated rings. The van der Waals surface area contributed by atoms with Gasteiger partial charge in [0.05, 0.1) is 12.2 Å². The third kappa shape index (κ3) is 6.64. The fourth-order valence-corrected chi connectivity index (χ4v) is 2.85. The van der Waals surface area contributed by atoms with E-state index in [1.165, 1.54) is 0 Å². The molecule has 3 rings (SSSR count). The first-order valence-corrected chi connectivity index (χ1v) is 10.1. The molecule has 0 saturated carbocycles. The van der Waals surface area contributed by atoms with Crippen molar-refractivity contribution < 1.29 is 19.0 Å². The Hall–Kier alpha value is -3.31. The highest BCUT2D eigenvalue weighted by atomic mass is 16.5. The van der Waals surface area contributed by atoms with Gasteiger partial charge >= 0.3 is 0 Å². The van der Waals surface area contributed by atoms with E-state index in [2.05, 4.69) is 5.32 Å². The van der Waals surface area contributed by atoms with Gasteiger partial charge in [-0.3, -0.25) is 4.79 Å². The lowest BCUT2D eigenvalue weighted by molar-refractivity contribution is 0.0934. The van der Waals surface area contributed by atoms with Gasteiger partial charge in [0.25, 0.3) is 5.91 Å². The fourth-order valence-electron chi connectivity index (χ4n) is 2.85. The highest BCUT2D eigenvalue weighted by Crippen LogP contribution is 2.18. The molecule has 0 unspecified atom stereocenters. The van der Waals surface area contributed by atoms with Gasteiger partial charge in [0.2, 0.25) is 0 Å². The lowest BCUT2D eigenvalue weighted by Gasteiger charge is -2.12. The minimum absolute atomic E-state index is 0.168. The van der Waals surface area contributed by atoms with Crippen LogP contribution in [0.1, 0.15) is 28.4 Å². The summed E-state index contributed by atoms with van der Waals surface area (Å²) in [5.41, 5.74) is 2.60. The van der Waals surface area contributed by atoms with Crippen LogP contribution in [0.25, 0.3) is 0 Å². The van der Waals surface area contributed by atoms with Gasteiger partial charge in [-0.1, -0.05) is 54.6 Å². The van der Waals surface area contributed by atoms with Crippen molar-refractivity contribution >= 4 is 5.91 Å². The van der Waals surface area contributed by atoms with E-state index in [9.17, 15) is 4.79 Å². The molecule has 1 amide bonds. The van der Waals surface area contributed by atoms with Crippen LogP contribution in [0.2, 0.25) is 0 Å². The third-order valence-corrected chi connectivity index (χ3v) is 4.45. The highest BCUT2D eigenvalue weighted by Gasteiger charge is 2.11. The number of benzene rings is 3. The number of carbonyl (C=O) groups is 1. The number of hydrogen-bond acceptors (Lipinski definition) is 4. The Morgan fingerprint density at radius 1 is 0.800 bits per heavy atom. The van der Waals surface area contributed by atoms with Crippen molar-refractivity contribution in [1.29, 1.82) is 0 Å². The second-order valence-corrected chi connectivity index (χ2v) is 6.64. The zero-order chi connectivity index (χ0) is 21.0. The molecule has 0 bridgehead atoms. The minimum Gasteiger partial charge on any atom is -0.490 e. The summed E-state index contributed by atoms with van der Waals surface area (Å²) in [6.07, 6.45) is 0. The number of nitrogens with one attached hydrogen (secondary N) is 1. The Kier molecular flexibility index (Phi) is 8.30. The molecule has 5 heteroatoms. The van der Waals surface area contributed by atoms with E-state index < -0.39 is 0 Å². The Morgan fingerprint density at radius 3 is 2.27 bits per heavy atom. The average molecular weight is 405 g/mol. The predicted molar refractivity (Wildman–Crippen MR) is 117 cm³/mol. The molecule has 1 N–H and O–H groups in total. The van der Waals surface area contributed by atoms with E-state index in [4.69, 9.17) is 14.2 Å². The Bertz CT molecular complexity index is 910. The van der Waals surface area contributed by atoms with E-state index in [0.717, 1.165) is 16.9 Å². The van der Waals surface area contributed by atoms with Crippen LogP contribution in [0.3, 0.4) is 0 Å². The van der Waals surface area contributed by atoms with E-state index in [-0.39, 0.29) is 5.91 Å². The molecule has 0 aliphatic rings. The summed E-state index contributed by atoms with van der Waals surface area (Å²) in [6.45, 7) is 4.42. The van der Waals surface area contributed by atoms with E-state index >= 15 is 0 Å². The Morgan fingerprint density at radius 2 is 1.50 bits per heavy atom. The molecule has 0 aliphatic heterocycles. The SMILES string of the molecule is CCOCCOc1ccccc1C(=O)NCc1ccc(COc2ccccc2)cc1. The molecule has 156 valence electrons. The Balaban J connectivity index is 1.50. The van der Waals surface area contributed by atoms with Crippen LogP contribution in [0.15, 0.2) is 78.9 Å². The molecule has 3 aromatic rings. The molecule has 0 radical (unpaired) electrons. The second kappa shape index (κ2) is 11.6. The fraction of sp³-hybridized carbons (Fsp3) is 0.240. The molecule has 0 heterocycles. The van der Waals surface area contributed by atoms with Crippen LogP contribution < -0.4 is 14.8 Å². The van der Waals surface area contributed by atoms with Crippen molar-refractivity contribution in [3.05, 3.63) is 95.6 Å². The topological polar surface area (TPSA) is 56.8 Å². The van der Waals surface area contributed by atoms with Crippen molar-refractivity contribution in [3.63, 3.8) is 0 Å². The lowest BCUT2D eigenvalue weighted by Crippen LogP contribution is -2.23. The van der Waals surface area contributed by atoms with Crippen molar-refractivity contribution in [2.75, 3.05) is 19.8 Å². The van der Waals surface area contributed by atoms with Crippen molar-refractivity contribution in [2.45, 2.75) is 20.1 Å². The van der Waals surface area contributed by atoms with Crippen molar-refractivity contribution in [3.8, 4) is 11.5 Å². The largest absolute Gasteiger partial charge is 0.490 e. The second-order valence-electron chi connectivity index (χ2n) is 6.64. The van der Waals surface area contributed by atoms with Crippen LogP contribution in [-0.2, 0) is 17.9 Å². The van der Waals surface area contributed by atoms with Crippen LogP contribution in [-0.4, -0.2) is 25.7 Å². The summed E-state index contributed by atoms with van der Waals surface area (Å²) in [4.78, 5) is 12.6. The Labute approximate surface area is 177 Å². The van der Waals surface area contributed by atoms with Gasteiger partial charge in [-0.25, -0.2) is 0 Å². The first-order valence-electron chi connectivity index (χ1n) is 10.1. The molecule has 30 heavy (non-hydrogen) atoms. The molecule has 0 atom stereocenters. The third-order valence-electron chi connectivity index (χ3n) is 4.45. The molecule has 0 spiro atoms. The zero-order valence-corrected chi connectivity index (χ0v) is 17.2. The monoisotopic (exact) mass is 405 g/mol. The van der Waals surface area contributed by atoms with Crippen molar-refractivity contribution in [2.24, 2.45) is 0 Å². The van der Waals surface area contributed by atoms with E-state index in [1.807, 2.05) is 73.7 Å². The van der Waals surface area contributed by atoms with Gasteiger partial charge in [-0.15, -0.1) is 0 Å². The van der Waals surface area contributed by atoms with Crippen LogP contribution in [0, 0.1) is 0 Å². The van der Waals surface area contributed by atoms with E-state index in [1.54, 1.807) is 12.1 Å². The molecule has 5 nitrogen and oxygen atoms in total. The summed E-state index contributed by atoms with van der Waals surface area (Å²) in [5.74, 6) is 1.23. The summed E-state index contributed by atoms with van der Waals surface area (Å²) in [7, 11) is 0. The maximum Gasteiger partial charge on any atom is 0.255 e. The maximum atomic E-state index is 12.6. The quantitative estimate of drug-likeness (QED) is 0.473. The molecule has 0 saturated heterocycles. The lowest BCUT2D eigenvalue weighted by atomic mass is 10.1. The summed E-state index contributed by atoms with van der Waals surface area (Å²) < 4.78 is 16.7. The van der Waals surface area contributed by atoms with Crippen molar-refractivity contribution in [1.82, 2.24) is 5.32 Å². The first-order chi connectivity index (χ1) is 14.8. The molecule has 3 aromatic carbocycles. The summed E-state index contributed by atoms with van der Waals surface area (Å²) in [5, 5.41) is 2.95. The highest BCUT2D eigenvalue weighted by molar-refractivity contribution is 5.96. The van der Waals surface area contributed by atoms with Crippen LogP contribution in [0.4, 0.5) is 0 Å². The van der Waals surface area contributed by atoms with Gasteiger partial charge in [0.15, 0.2) is 0 Å². The van der Waals surface area contributed by atoms with Gasteiger partial charge in [0, 0.05) is 13.2 Å². The smallest absolute Gasteiger partial charge is 0.255 e. The number of carbonyl (C=O) groups excluding carboxylic acids is 1. The molecule has 0 aromatic heterocycles. The van der Waals surface area contributed by atoms with Gasteiger partial charge < -0.3 is 19.5 Å².